The van der Waals surface area contributed by atoms with Gasteiger partial charge >= 0.3 is 5.97 Å². The molecule has 0 radical (unpaired) electrons. The third kappa shape index (κ3) is 18.7. The summed E-state index contributed by atoms with van der Waals surface area (Å²) in [5.74, 6) is -0.0651. The lowest BCUT2D eigenvalue weighted by atomic mass is 9.99. The average molecular weight is 401 g/mol. The van der Waals surface area contributed by atoms with E-state index >= 15 is 0 Å². The number of rotatable bonds is 21. The molecule has 0 aliphatic heterocycles. The molecular weight excluding hydrogens is 352 g/mol. The van der Waals surface area contributed by atoms with E-state index in [2.05, 4.69) is 13.8 Å². The van der Waals surface area contributed by atoms with Gasteiger partial charge in [0.2, 0.25) is 0 Å². The lowest BCUT2D eigenvalue weighted by Crippen LogP contribution is -2.25. The van der Waals surface area contributed by atoms with Crippen LogP contribution in [0.2, 0.25) is 0 Å². The smallest absolute Gasteiger partial charge is 0.305 e. The molecule has 0 aromatic heterocycles. The molecule has 4 nitrogen and oxygen atoms in total. The van der Waals surface area contributed by atoms with Crippen LogP contribution in [0, 0.1) is 0 Å². The zero-order valence-electron chi connectivity index (χ0n) is 18.8. The minimum absolute atomic E-state index is 0.0651. The highest BCUT2D eigenvalue weighted by Gasteiger charge is 2.15. The third-order valence-electron chi connectivity index (χ3n) is 5.44. The molecule has 0 aliphatic rings. The summed E-state index contributed by atoms with van der Waals surface area (Å²) in [6.07, 6.45) is 17.5. The highest BCUT2D eigenvalue weighted by Crippen LogP contribution is 2.15. The van der Waals surface area contributed by atoms with Crippen LogP contribution < -0.4 is 0 Å². The highest BCUT2D eigenvalue weighted by atomic mass is 16.5. The second-order valence-electron chi connectivity index (χ2n) is 8.28. The molecule has 0 aliphatic carbocycles. The number of carbonyl (C=O) groups excluding carboxylic acids is 1. The van der Waals surface area contributed by atoms with Crippen molar-refractivity contribution in [1.29, 1.82) is 0 Å². The van der Waals surface area contributed by atoms with Crippen molar-refractivity contribution in [3.8, 4) is 0 Å². The maximum Gasteiger partial charge on any atom is 0.305 e. The van der Waals surface area contributed by atoms with Crippen LogP contribution >= 0.6 is 0 Å². The van der Waals surface area contributed by atoms with Gasteiger partial charge in [0.1, 0.15) is 0 Å². The normalized spacial score (nSPS) is 13.4. The topological polar surface area (TPSA) is 66.8 Å². The van der Waals surface area contributed by atoms with Crippen molar-refractivity contribution in [2.45, 2.75) is 142 Å². The van der Waals surface area contributed by atoms with Gasteiger partial charge < -0.3 is 14.9 Å². The van der Waals surface area contributed by atoms with E-state index in [1.807, 2.05) is 0 Å². The molecule has 0 heterocycles. The Morgan fingerprint density at radius 2 is 1.07 bits per heavy atom. The quantitative estimate of drug-likeness (QED) is 0.175. The van der Waals surface area contributed by atoms with Crippen LogP contribution in [-0.4, -0.2) is 35.0 Å². The van der Waals surface area contributed by atoms with Crippen LogP contribution in [0.1, 0.15) is 129 Å². The van der Waals surface area contributed by atoms with Gasteiger partial charge in [0.15, 0.2) is 0 Å². The summed E-state index contributed by atoms with van der Waals surface area (Å²) in [6.45, 7) is 4.95. The van der Waals surface area contributed by atoms with Gasteiger partial charge in [-0.2, -0.15) is 0 Å². The van der Waals surface area contributed by atoms with E-state index in [-0.39, 0.29) is 5.97 Å². The first kappa shape index (κ1) is 27.4. The molecule has 2 unspecified atom stereocenters. The molecule has 2 N–H and O–H groups in total. The molecule has 0 aromatic carbocycles. The molecule has 0 bridgehead atoms. The van der Waals surface area contributed by atoms with Crippen LogP contribution in [0.4, 0.5) is 0 Å². The molecule has 0 saturated carbocycles. The molecular formula is C24H48O4. The summed E-state index contributed by atoms with van der Waals surface area (Å²) >= 11 is 0. The van der Waals surface area contributed by atoms with Crippen LogP contribution in [0.5, 0.6) is 0 Å². The molecule has 0 rings (SSSR count). The fourth-order valence-corrected chi connectivity index (χ4v) is 3.46. The fraction of sp³-hybridized carbons (Fsp3) is 0.958. The molecule has 168 valence electrons. The Morgan fingerprint density at radius 3 is 1.61 bits per heavy atom. The maximum absolute atomic E-state index is 11.6. The van der Waals surface area contributed by atoms with Gasteiger partial charge in [-0.25, -0.2) is 0 Å². The molecule has 0 aromatic rings. The third-order valence-corrected chi connectivity index (χ3v) is 5.44. The summed E-state index contributed by atoms with van der Waals surface area (Å²) in [5.41, 5.74) is 0. The largest absolute Gasteiger partial charge is 0.466 e. The van der Waals surface area contributed by atoms with E-state index in [0.29, 0.717) is 25.9 Å². The van der Waals surface area contributed by atoms with E-state index < -0.39 is 12.2 Å². The molecule has 28 heavy (non-hydrogen) atoms. The minimum Gasteiger partial charge on any atom is -0.466 e. The number of ether oxygens (including phenoxy) is 1. The molecule has 0 spiro atoms. The van der Waals surface area contributed by atoms with E-state index in [1.165, 1.54) is 38.5 Å². The Hall–Kier alpha value is -0.610. The van der Waals surface area contributed by atoms with E-state index in [4.69, 9.17) is 4.74 Å². The number of aliphatic hydroxyl groups excluding tert-OH is 2. The highest BCUT2D eigenvalue weighted by molar-refractivity contribution is 5.69. The van der Waals surface area contributed by atoms with Crippen molar-refractivity contribution in [1.82, 2.24) is 0 Å². The Kier molecular flexibility index (Phi) is 20.6. The molecule has 0 saturated heterocycles. The van der Waals surface area contributed by atoms with Gasteiger partial charge in [0.05, 0.1) is 18.8 Å². The standard InChI is InChI=1S/C24H48O4/c1-3-5-7-9-11-14-18-22(25)23(26)19-15-12-10-13-16-20-24(27)28-21-17-8-6-4-2/h22-23,25-26H,3-21H2,1-2H3. The maximum atomic E-state index is 11.6. The van der Waals surface area contributed by atoms with Gasteiger partial charge in [-0.05, 0) is 25.7 Å². The molecule has 2 atom stereocenters. The van der Waals surface area contributed by atoms with Gasteiger partial charge in [0.25, 0.3) is 0 Å². The van der Waals surface area contributed by atoms with Crippen LogP contribution in [0.15, 0.2) is 0 Å². The van der Waals surface area contributed by atoms with Crippen molar-refractivity contribution in [3.63, 3.8) is 0 Å². The predicted molar refractivity (Wildman–Crippen MR) is 117 cm³/mol. The van der Waals surface area contributed by atoms with Gasteiger partial charge in [-0.1, -0.05) is 97.3 Å². The van der Waals surface area contributed by atoms with E-state index in [0.717, 1.165) is 57.8 Å². The number of esters is 1. The van der Waals surface area contributed by atoms with Crippen LogP contribution in [-0.2, 0) is 9.53 Å². The number of carbonyl (C=O) groups is 1. The summed E-state index contributed by atoms with van der Waals surface area (Å²) < 4.78 is 5.23. The molecule has 4 heteroatoms. The van der Waals surface area contributed by atoms with Crippen molar-refractivity contribution in [2.24, 2.45) is 0 Å². The zero-order chi connectivity index (χ0) is 20.9. The van der Waals surface area contributed by atoms with Gasteiger partial charge in [-0.3, -0.25) is 4.79 Å². The number of hydrogen-bond donors (Lipinski definition) is 2. The van der Waals surface area contributed by atoms with E-state index in [9.17, 15) is 15.0 Å². The number of hydrogen-bond acceptors (Lipinski definition) is 4. The van der Waals surface area contributed by atoms with Crippen molar-refractivity contribution in [3.05, 3.63) is 0 Å². The Morgan fingerprint density at radius 1 is 0.643 bits per heavy atom. The van der Waals surface area contributed by atoms with Gasteiger partial charge in [0, 0.05) is 6.42 Å². The second kappa shape index (κ2) is 21.1. The Labute approximate surface area is 174 Å². The SMILES string of the molecule is CCCCCCCCC(O)C(O)CCCCCCCC(=O)OCCCCCC. The fourth-order valence-electron chi connectivity index (χ4n) is 3.46. The summed E-state index contributed by atoms with van der Waals surface area (Å²) in [5, 5.41) is 20.1. The monoisotopic (exact) mass is 400 g/mol. The van der Waals surface area contributed by atoms with Gasteiger partial charge in [-0.15, -0.1) is 0 Å². The van der Waals surface area contributed by atoms with Crippen LogP contribution in [0.3, 0.4) is 0 Å². The minimum atomic E-state index is -0.585. The Bertz CT molecular complexity index is 333. The van der Waals surface area contributed by atoms with Crippen molar-refractivity contribution in [2.75, 3.05) is 6.61 Å². The molecule has 0 fully saturated rings. The van der Waals surface area contributed by atoms with E-state index in [1.54, 1.807) is 0 Å². The summed E-state index contributed by atoms with van der Waals surface area (Å²) in [4.78, 5) is 11.6. The van der Waals surface area contributed by atoms with Crippen molar-refractivity contribution >= 4 is 5.97 Å². The van der Waals surface area contributed by atoms with Crippen molar-refractivity contribution < 1.29 is 19.7 Å². The molecule has 0 amide bonds. The first-order valence-electron chi connectivity index (χ1n) is 12.1. The first-order valence-corrected chi connectivity index (χ1v) is 12.1. The average Bonchev–Trinajstić information content (AvgIpc) is 2.69. The lowest BCUT2D eigenvalue weighted by molar-refractivity contribution is -0.143. The zero-order valence-corrected chi connectivity index (χ0v) is 18.8. The summed E-state index contributed by atoms with van der Waals surface area (Å²) in [6, 6.07) is 0. The summed E-state index contributed by atoms with van der Waals surface area (Å²) in [7, 11) is 0. The first-order chi connectivity index (χ1) is 13.6. The predicted octanol–water partition coefficient (Wildman–Crippen LogP) is 6.31. The second-order valence-corrected chi connectivity index (χ2v) is 8.28. The lowest BCUT2D eigenvalue weighted by Gasteiger charge is -2.17. The number of aliphatic hydroxyl groups is 2. The number of unbranched alkanes of at least 4 members (excludes halogenated alkanes) is 12. The Balaban J connectivity index is 3.40. The van der Waals surface area contributed by atoms with Crippen LogP contribution in [0.25, 0.3) is 0 Å².